The second kappa shape index (κ2) is 10.9. The molecule has 2 aromatic rings. The van der Waals surface area contributed by atoms with Crippen molar-refractivity contribution in [1.29, 1.82) is 0 Å². The van der Waals surface area contributed by atoms with E-state index in [1.165, 1.54) is 29.3 Å². The van der Waals surface area contributed by atoms with E-state index >= 15 is 0 Å². The van der Waals surface area contributed by atoms with Crippen LogP contribution in [-0.4, -0.2) is 48.2 Å². The first-order valence-electron chi connectivity index (χ1n) is 10.6. The molecule has 2 rings (SSSR count). The molecule has 1 heterocycles. The smallest absolute Gasteiger partial charge is 0.313 e. The number of ketones is 1. The van der Waals surface area contributed by atoms with Gasteiger partial charge in [0.1, 0.15) is 18.0 Å². The van der Waals surface area contributed by atoms with Gasteiger partial charge in [-0.3, -0.25) is 9.59 Å². The van der Waals surface area contributed by atoms with Crippen LogP contribution in [-0.2, 0) is 24.3 Å². The second-order valence-corrected chi connectivity index (χ2v) is 10.1. The first-order chi connectivity index (χ1) is 15.4. The molecule has 0 fully saturated rings. The topological polar surface area (TPSA) is 103 Å². The van der Waals surface area contributed by atoms with Crippen molar-refractivity contribution in [3.05, 3.63) is 53.1 Å². The third kappa shape index (κ3) is 6.17. The fourth-order valence-electron chi connectivity index (χ4n) is 3.71. The lowest BCUT2D eigenvalue weighted by Gasteiger charge is -2.14. The number of aromatic nitrogens is 1. The molecule has 33 heavy (non-hydrogen) atoms. The molecule has 1 unspecified atom stereocenters. The van der Waals surface area contributed by atoms with Gasteiger partial charge in [-0.1, -0.05) is 38.1 Å². The fourth-order valence-corrected chi connectivity index (χ4v) is 5.09. The van der Waals surface area contributed by atoms with E-state index in [4.69, 9.17) is 0 Å². The number of Topliss-reactive ketones (excluding diaryl/α,β-unsaturated/α-hetero) is 1. The molecule has 0 saturated heterocycles. The van der Waals surface area contributed by atoms with Crippen molar-refractivity contribution in [3.8, 4) is 11.1 Å². The van der Waals surface area contributed by atoms with Gasteiger partial charge in [0, 0.05) is 28.9 Å². The molecule has 180 valence electrons. The fraction of sp³-hybridized carbons (Fsp3) is 0.417. The quantitative estimate of drug-likeness (QED) is 0.411. The van der Waals surface area contributed by atoms with Gasteiger partial charge in [-0.15, -0.1) is 0 Å². The van der Waals surface area contributed by atoms with Gasteiger partial charge in [-0.2, -0.15) is 0 Å². The van der Waals surface area contributed by atoms with Crippen LogP contribution in [0, 0.1) is 12.7 Å². The van der Waals surface area contributed by atoms with Crippen LogP contribution < -0.4 is 0 Å². The maximum absolute atomic E-state index is 13.5. The summed E-state index contributed by atoms with van der Waals surface area (Å²) in [4.78, 5) is 23.2. The van der Waals surface area contributed by atoms with Crippen molar-refractivity contribution in [1.82, 2.24) is 3.97 Å². The Kier molecular flexibility index (Phi) is 8.74. The molecule has 0 saturated carbocycles. The van der Waals surface area contributed by atoms with Crippen molar-refractivity contribution in [2.24, 2.45) is 0 Å². The lowest BCUT2D eigenvalue weighted by Crippen LogP contribution is -2.19. The molecular formula is C24H30FNO6S. The van der Waals surface area contributed by atoms with E-state index in [-0.39, 0.29) is 18.1 Å². The van der Waals surface area contributed by atoms with Crippen molar-refractivity contribution < 1.29 is 32.2 Å². The Labute approximate surface area is 193 Å². The third-order valence-electron chi connectivity index (χ3n) is 5.24. The molecule has 1 aromatic heterocycles. The lowest BCUT2D eigenvalue weighted by atomic mass is 9.96. The molecule has 1 atom stereocenters. The average Bonchev–Trinajstić information content (AvgIpc) is 3.05. The van der Waals surface area contributed by atoms with Gasteiger partial charge in [0.25, 0.3) is 0 Å². The SMILES string of the molecule is CCS(=O)(=O)n1c(C)c(-c2ccc(F)cc2)c(/C=C/C(O)CC(=O)CC(=O)OC)c1C(C)C. The minimum Gasteiger partial charge on any atom is -0.469 e. The molecule has 0 radical (unpaired) electrons. The van der Waals surface area contributed by atoms with Crippen LogP contribution in [0.25, 0.3) is 17.2 Å². The standard InChI is InChI=1S/C24H30FNO6S/c1-6-33(30,31)26-16(4)23(17-7-9-18(25)10-8-17)21(24(26)15(2)3)12-11-19(27)13-20(28)14-22(29)32-5/h7-12,15,19,27H,6,13-14H2,1-5H3/b12-11+. The number of hydrogen-bond acceptors (Lipinski definition) is 6. The van der Waals surface area contributed by atoms with Crippen LogP contribution in [0.3, 0.4) is 0 Å². The summed E-state index contributed by atoms with van der Waals surface area (Å²) in [6, 6.07) is 5.73. The van der Waals surface area contributed by atoms with Gasteiger partial charge in [0.15, 0.2) is 0 Å². The summed E-state index contributed by atoms with van der Waals surface area (Å²) in [7, 11) is -2.48. The van der Waals surface area contributed by atoms with Crippen molar-refractivity contribution >= 4 is 27.9 Å². The number of ether oxygens (including phenoxy) is 1. The van der Waals surface area contributed by atoms with Crippen LogP contribution in [0.15, 0.2) is 30.3 Å². The summed E-state index contributed by atoms with van der Waals surface area (Å²) in [5.74, 6) is -1.90. The first kappa shape index (κ1) is 26.5. The zero-order chi connectivity index (χ0) is 24.9. The minimum atomic E-state index is -3.66. The molecule has 0 aliphatic carbocycles. The maximum Gasteiger partial charge on any atom is 0.313 e. The van der Waals surface area contributed by atoms with E-state index in [1.54, 1.807) is 32.1 Å². The number of aliphatic hydroxyl groups is 1. The molecular weight excluding hydrogens is 449 g/mol. The highest BCUT2D eigenvalue weighted by molar-refractivity contribution is 7.89. The highest BCUT2D eigenvalue weighted by Gasteiger charge is 2.28. The zero-order valence-electron chi connectivity index (χ0n) is 19.5. The third-order valence-corrected chi connectivity index (χ3v) is 7.00. The molecule has 1 N–H and O–H groups in total. The van der Waals surface area contributed by atoms with Gasteiger partial charge in [-0.25, -0.2) is 16.8 Å². The minimum absolute atomic E-state index is 0.112. The zero-order valence-corrected chi connectivity index (χ0v) is 20.3. The number of methoxy groups -OCH3 is 1. The number of hydrogen-bond donors (Lipinski definition) is 1. The van der Waals surface area contributed by atoms with Crippen molar-refractivity contribution in [2.75, 3.05) is 12.9 Å². The number of aliphatic hydroxyl groups excluding tert-OH is 1. The number of carbonyl (C=O) groups is 2. The van der Waals surface area contributed by atoms with Gasteiger partial charge in [-0.05, 0) is 37.5 Å². The predicted molar refractivity (Wildman–Crippen MR) is 125 cm³/mol. The molecule has 9 heteroatoms. The number of carbonyl (C=O) groups excluding carboxylic acids is 2. The van der Waals surface area contributed by atoms with E-state index < -0.39 is 40.1 Å². The number of nitrogens with zero attached hydrogens (tertiary/aromatic N) is 1. The van der Waals surface area contributed by atoms with E-state index in [2.05, 4.69) is 4.74 Å². The Balaban J connectivity index is 2.63. The lowest BCUT2D eigenvalue weighted by molar-refractivity contribution is -0.143. The Morgan fingerprint density at radius 1 is 1.21 bits per heavy atom. The van der Waals surface area contributed by atoms with Crippen LogP contribution in [0.1, 0.15) is 56.5 Å². The monoisotopic (exact) mass is 479 g/mol. The van der Waals surface area contributed by atoms with E-state index in [1.807, 2.05) is 13.8 Å². The highest BCUT2D eigenvalue weighted by Crippen LogP contribution is 2.38. The Morgan fingerprint density at radius 3 is 2.33 bits per heavy atom. The summed E-state index contributed by atoms with van der Waals surface area (Å²) in [5.41, 5.74) is 2.78. The molecule has 0 amide bonds. The first-order valence-corrected chi connectivity index (χ1v) is 12.2. The van der Waals surface area contributed by atoms with Crippen molar-refractivity contribution in [2.45, 2.75) is 52.6 Å². The van der Waals surface area contributed by atoms with Crippen LogP contribution in [0.4, 0.5) is 4.39 Å². The molecule has 7 nitrogen and oxygen atoms in total. The van der Waals surface area contributed by atoms with E-state index in [0.29, 0.717) is 28.1 Å². The molecule has 0 spiro atoms. The molecule has 0 aliphatic rings. The number of esters is 1. The largest absolute Gasteiger partial charge is 0.469 e. The summed E-state index contributed by atoms with van der Waals surface area (Å²) in [6.45, 7) is 6.96. The summed E-state index contributed by atoms with van der Waals surface area (Å²) in [6.07, 6.45) is 1.06. The van der Waals surface area contributed by atoms with Gasteiger partial charge < -0.3 is 9.84 Å². The Morgan fingerprint density at radius 2 is 1.82 bits per heavy atom. The Hall–Kier alpha value is -2.78. The van der Waals surface area contributed by atoms with Crippen molar-refractivity contribution in [3.63, 3.8) is 0 Å². The predicted octanol–water partition coefficient (Wildman–Crippen LogP) is 3.82. The normalized spacial score (nSPS) is 13.0. The molecule has 0 bridgehead atoms. The van der Waals surface area contributed by atoms with Crippen LogP contribution >= 0.6 is 0 Å². The molecule has 0 aliphatic heterocycles. The van der Waals surface area contributed by atoms with Crippen LogP contribution in [0.2, 0.25) is 0 Å². The Bertz CT molecular complexity index is 1150. The summed E-state index contributed by atoms with van der Waals surface area (Å²) in [5, 5.41) is 10.3. The van der Waals surface area contributed by atoms with Crippen LogP contribution in [0.5, 0.6) is 0 Å². The maximum atomic E-state index is 13.5. The van der Waals surface area contributed by atoms with Gasteiger partial charge >= 0.3 is 5.97 Å². The number of rotatable bonds is 10. The summed E-state index contributed by atoms with van der Waals surface area (Å²) < 4.78 is 45.2. The summed E-state index contributed by atoms with van der Waals surface area (Å²) >= 11 is 0. The molecule has 1 aromatic carbocycles. The number of benzene rings is 1. The van der Waals surface area contributed by atoms with E-state index in [9.17, 15) is 27.5 Å². The highest BCUT2D eigenvalue weighted by atomic mass is 32.2. The average molecular weight is 480 g/mol. The number of halogens is 1. The van der Waals surface area contributed by atoms with E-state index in [0.717, 1.165) is 0 Å². The second-order valence-electron chi connectivity index (χ2n) is 8.01. The van der Waals surface area contributed by atoms with Gasteiger partial charge in [0.05, 0.1) is 19.0 Å². The van der Waals surface area contributed by atoms with Gasteiger partial charge in [0.2, 0.25) is 10.0 Å².